The van der Waals surface area contributed by atoms with E-state index >= 15 is 0 Å². The highest BCUT2D eigenvalue weighted by Gasteiger charge is 2.29. The van der Waals surface area contributed by atoms with Gasteiger partial charge >= 0.3 is 0 Å². The molecule has 63 heavy (non-hydrogen) atoms. The lowest BCUT2D eigenvalue weighted by Gasteiger charge is -2.15. The number of hydrogen-bond acceptors (Lipinski definition) is 3. The van der Waals surface area contributed by atoms with E-state index in [-0.39, 0.29) is 0 Å². The second kappa shape index (κ2) is 14.0. The number of hydrogen-bond donors (Lipinski definition) is 0. The van der Waals surface area contributed by atoms with Crippen LogP contribution in [0.2, 0.25) is 0 Å². The monoisotopic (exact) mass is 800 g/mol. The van der Waals surface area contributed by atoms with E-state index < -0.39 is 0 Å². The number of aromatic nitrogens is 3. The summed E-state index contributed by atoms with van der Waals surface area (Å²) in [5.41, 5.74) is 14.6. The van der Waals surface area contributed by atoms with Crippen molar-refractivity contribution in [2.24, 2.45) is 0 Å². The Kier molecular flexibility index (Phi) is 7.93. The third kappa shape index (κ3) is 5.28. The first-order chi connectivity index (χ1) is 31.1. The quantitative estimate of drug-likeness (QED) is 0.174. The minimum Gasteiger partial charge on any atom is -0.308 e. The minimum atomic E-state index is 0.553. The Bertz CT molecular complexity index is 3890. The highest BCUT2D eigenvalue weighted by Crippen LogP contribution is 2.50. The van der Waals surface area contributed by atoms with E-state index in [1.54, 1.807) is 0 Å². The van der Waals surface area contributed by atoms with Crippen LogP contribution in [-0.4, -0.2) is 13.7 Å². The molecular weight excluding hydrogens is 769 g/mol. The summed E-state index contributed by atoms with van der Waals surface area (Å²) in [4.78, 5) is 0. The van der Waals surface area contributed by atoms with Crippen molar-refractivity contribution in [1.29, 1.82) is 15.8 Å². The molecule has 6 nitrogen and oxygen atoms in total. The first-order valence-electron chi connectivity index (χ1n) is 20.8. The van der Waals surface area contributed by atoms with Crippen molar-refractivity contribution in [3.63, 3.8) is 0 Å². The van der Waals surface area contributed by atoms with Crippen LogP contribution in [0, 0.1) is 34.0 Å². The molecule has 0 aliphatic carbocycles. The zero-order chi connectivity index (χ0) is 42.2. The maximum absolute atomic E-state index is 11.1. The molecule has 0 unspecified atom stereocenters. The standard InChI is InChI=1S/C57H32N6/c58-33-36-21-26-43(27-22-36)61-49-18-7-4-15-45(49)52-55-53(46-16-5-8-19-50(46)62(55)44-28-23-37(34-59)24-29-44)57-54(56(52)61)47-17-6-9-20-51(47)63(57)48-30-25-41(32-42(48)35-60)40-14-10-13-39(31-40)38-11-2-1-3-12-38/h1-32H. The molecule has 12 rings (SSSR count). The molecule has 0 spiro atoms. The molecule has 0 aliphatic heterocycles. The van der Waals surface area contributed by atoms with Gasteiger partial charge in [0, 0.05) is 43.7 Å². The summed E-state index contributed by atoms with van der Waals surface area (Å²) in [5, 5.41) is 37.1. The zero-order valence-corrected chi connectivity index (χ0v) is 33.7. The highest BCUT2D eigenvalue weighted by atomic mass is 15.0. The van der Waals surface area contributed by atoms with Crippen molar-refractivity contribution < 1.29 is 0 Å². The van der Waals surface area contributed by atoms with Gasteiger partial charge in [-0.05, 0) is 107 Å². The predicted octanol–water partition coefficient (Wildman–Crippen LogP) is 13.9. The van der Waals surface area contributed by atoms with E-state index in [0.29, 0.717) is 16.7 Å². The van der Waals surface area contributed by atoms with E-state index in [4.69, 9.17) is 0 Å². The maximum Gasteiger partial charge on any atom is 0.101 e. The van der Waals surface area contributed by atoms with E-state index in [1.165, 1.54) is 0 Å². The Labute approximate surface area is 361 Å². The van der Waals surface area contributed by atoms with Gasteiger partial charge in [-0.1, -0.05) is 109 Å². The number of nitriles is 3. The Morgan fingerprint density at radius 1 is 0.317 bits per heavy atom. The average molecular weight is 801 g/mol. The largest absolute Gasteiger partial charge is 0.308 e. The predicted molar refractivity (Wildman–Crippen MR) is 254 cm³/mol. The summed E-state index contributed by atoms with van der Waals surface area (Å²) in [7, 11) is 0. The molecule has 0 N–H and O–H groups in total. The number of benzene rings is 9. The second-order valence-corrected chi connectivity index (χ2v) is 15.8. The van der Waals surface area contributed by atoms with Crippen LogP contribution in [0.25, 0.3) is 105 Å². The van der Waals surface area contributed by atoms with Crippen LogP contribution in [0.4, 0.5) is 0 Å². The van der Waals surface area contributed by atoms with Crippen LogP contribution >= 0.6 is 0 Å². The summed E-state index contributed by atoms with van der Waals surface area (Å²) >= 11 is 0. The van der Waals surface area contributed by atoms with Gasteiger partial charge < -0.3 is 13.7 Å². The van der Waals surface area contributed by atoms with Gasteiger partial charge in [-0.15, -0.1) is 0 Å². The number of rotatable bonds is 5. The van der Waals surface area contributed by atoms with Crippen LogP contribution in [0.1, 0.15) is 16.7 Å². The number of fused-ring (bicyclic) bond motifs is 12. The summed E-state index contributed by atoms with van der Waals surface area (Å²) in [6, 6.07) is 73.4. The molecule has 12 aromatic rings. The Morgan fingerprint density at radius 3 is 1.22 bits per heavy atom. The minimum absolute atomic E-state index is 0.553. The Balaban J connectivity index is 1.28. The molecule has 9 aromatic carbocycles. The van der Waals surface area contributed by atoms with Gasteiger partial charge in [0.15, 0.2) is 0 Å². The fourth-order valence-electron chi connectivity index (χ4n) is 9.81. The highest BCUT2D eigenvalue weighted by molar-refractivity contribution is 6.40. The van der Waals surface area contributed by atoms with Gasteiger partial charge in [0.05, 0.1) is 67.6 Å². The molecule has 0 bridgehead atoms. The van der Waals surface area contributed by atoms with E-state index in [2.05, 4.69) is 153 Å². The third-order valence-corrected chi connectivity index (χ3v) is 12.5. The first kappa shape index (κ1) is 35.8. The van der Waals surface area contributed by atoms with Gasteiger partial charge in [0.2, 0.25) is 0 Å². The van der Waals surface area contributed by atoms with Crippen molar-refractivity contribution in [3.05, 3.63) is 211 Å². The summed E-state index contributed by atoms with van der Waals surface area (Å²) in [6.07, 6.45) is 0. The topological polar surface area (TPSA) is 86.2 Å². The molecular formula is C57H32N6. The molecule has 290 valence electrons. The SMILES string of the molecule is N#Cc1ccc(-n2c3ccccc3c3c2c2c4ccccc4n(-c4ccc(-c5cccc(-c6ccccc6)c5)cc4C#N)c2c2c4ccccc4n(-c4ccc(C#N)cc4)c32)cc1. The van der Waals surface area contributed by atoms with Gasteiger partial charge in [-0.25, -0.2) is 0 Å². The van der Waals surface area contributed by atoms with Gasteiger partial charge in [-0.3, -0.25) is 0 Å². The van der Waals surface area contributed by atoms with Gasteiger partial charge in [-0.2, -0.15) is 15.8 Å². The fraction of sp³-hybridized carbons (Fsp3) is 0. The van der Waals surface area contributed by atoms with Crippen LogP contribution in [0.5, 0.6) is 0 Å². The molecule has 3 heterocycles. The second-order valence-electron chi connectivity index (χ2n) is 15.8. The molecule has 0 radical (unpaired) electrons. The Hall–Kier alpha value is -9.15. The molecule has 3 aromatic heterocycles. The van der Waals surface area contributed by atoms with Crippen LogP contribution in [0.15, 0.2) is 194 Å². The number of para-hydroxylation sites is 3. The van der Waals surface area contributed by atoms with Crippen molar-refractivity contribution in [2.75, 3.05) is 0 Å². The molecule has 6 heteroatoms. The third-order valence-electron chi connectivity index (χ3n) is 12.5. The van der Waals surface area contributed by atoms with Gasteiger partial charge in [0.25, 0.3) is 0 Å². The van der Waals surface area contributed by atoms with Crippen LogP contribution < -0.4 is 0 Å². The average Bonchev–Trinajstić information content (AvgIpc) is 4.00. The molecule has 0 amide bonds. The molecule has 0 atom stereocenters. The zero-order valence-electron chi connectivity index (χ0n) is 33.7. The smallest absolute Gasteiger partial charge is 0.101 e. The molecule has 0 saturated heterocycles. The molecule has 0 fully saturated rings. The Morgan fingerprint density at radius 2 is 0.730 bits per heavy atom. The van der Waals surface area contributed by atoms with Crippen molar-refractivity contribution in [1.82, 2.24) is 13.7 Å². The van der Waals surface area contributed by atoms with Crippen LogP contribution in [0.3, 0.4) is 0 Å². The fourth-order valence-corrected chi connectivity index (χ4v) is 9.81. The summed E-state index contributed by atoms with van der Waals surface area (Å²) in [5.74, 6) is 0. The first-order valence-corrected chi connectivity index (χ1v) is 20.8. The summed E-state index contributed by atoms with van der Waals surface area (Å²) in [6.45, 7) is 0. The van der Waals surface area contributed by atoms with Crippen LogP contribution in [-0.2, 0) is 0 Å². The van der Waals surface area contributed by atoms with E-state index in [0.717, 1.165) is 105 Å². The van der Waals surface area contributed by atoms with E-state index in [9.17, 15) is 15.8 Å². The van der Waals surface area contributed by atoms with Gasteiger partial charge in [0.1, 0.15) is 6.07 Å². The molecule has 0 aliphatic rings. The summed E-state index contributed by atoms with van der Waals surface area (Å²) < 4.78 is 6.96. The maximum atomic E-state index is 11.1. The van der Waals surface area contributed by atoms with Crippen molar-refractivity contribution in [2.45, 2.75) is 0 Å². The lowest BCUT2D eigenvalue weighted by Crippen LogP contribution is -2.00. The van der Waals surface area contributed by atoms with Crippen molar-refractivity contribution in [3.8, 4) is 57.5 Å². The lowest BCUT2D eigenvalue weighted by atomic mass is 9.97. The lowest BCUT2D eigenvalue weighted by molar-refractivity contribution is 1.16. The molecule has 0 saturated carbocycles. The number of nitrogens with zero attached hydrogens (tertiary/aromatic N) is 6. The normalized spacial score (nSPS) is 11.4. The van der Waals surface area contributed by atoms with E-state index in [1.807, 2.05) is 72.8 Å². The van der Waals surface area contributed by atoms with Crippen molar-refractivity contribution >= 4 is 65.4 Å².